The minimum atomic E-state index is -0.767. The Morgan fingerprint density at radius 3 is 2.50 bits per heavy atom. The van der Waals surface area contributed by atoms with E-state index in [0.29, 0.717) is 11.4 Å². The molecule has 1 aromatic carbocycles. The summed E-state index contributed by atoms with van der Waals surface area (Å²) in [6, 6.07) is 6.70. The van der Waals surface area contributed by atoms with E-state index >= 15 is 0 Å². The third kappa shape index (κ3) is 3.90. The highest BCUT2D eigenvalue weighted by Gasteiger charge is 2.22. The molecule has 0 aliphatic carbocycles. The van der Waals surface area contributed by atoms with Crippen LogP contribution in [0.3, 0.4) is 0 Å². The van der Waals surface area contributed by atoms with Crippen molar-refractivity contribution in [3.63, 3.8) is 0 Å². The third-order valence-corrected chi connectivity index (χ3v) is 5.04. The summed E-state index contributed by atoms with van der Waals surface area (Å²) in [5.41, 5.74) is 1.99. The van der Waals surface area contributed by atoms with Gasteiger partial charge in [-0.3, -0.25) is 9.59 Å². The van der Waals surface area contributed by atoms with Crippen molar-refractivity contribution >= 4 is 28.9 Å². The van der Waals surface area contributed by atoms with Gasteiger partial charge in [0.1, 0.15) is 11.1 Å². The quantitative estimate of drug-likeness (QED) is 0.890. The standard InChI is InChI=1S/C19H23ClN4O2/c1-13-6-8-15(9-7-13)22-18(25)14(2)24-19(26)17(20)16(12-21-24)23-10-4-3-5-11-23/h6-9,12,14H,3-5,10-11H2,1-2H3,(H,22,25)/t14-/m0/s1. The first-order valence-corrected chi connectivity index (χ1v) is 9.25. The van der Waals surface area contributed by atoms with Gasteiger partial charge in [-0.05, 0) is 45.2 Å². The first kappa shape index (κ1) is 18.5. The first-order chi connectivity index (χ1) is 12.5. The van der Waals surface area contributed by atoms with E-state index in [2.05, 4.69) is 15.3 Å². The number of aryl methyl sites for hydroxylation is 1. The van der Waals surface area contributed by atoms with Crippen LogP contribution in [-0.4, -0.2) is 28.8 Å². The third-order valence-electron chi connectivity index (χ3n) is 4.69. The maximum atomic E-state index is 12.6. The van der Waals surface area contributed by atoms with Crippen LogP contribution in [0.2, 0.25) is 5.02 Å². The van der Waals surface area contributed by atoms with Crippen molar-refractivity contribution in [1.29, 1.82) is 0 Å². The number of anilines is 2. The zero-order valence-corrected chi connectivity index (χ0v) is 15.8. The van der Waals surface area contributed by atoms with Gasteiger partial charge in [-0.1, -0.05) is 29.3 Å². The molecule has 2 heterocycles. The summed E-state index contributed by atoms with van der Waals surface area (Å²) in [5.74, 6) is -0.315. The molecule has 138 valence electrons. The summed E-state index contributed by atoms with van der Waals surface area (Å²) in [6.07, 6.45) is 4.93. The van der Waals surface area contributed by atoms with Gasteiger partial charge in [-0.2, -0.15) is 5.10 Å². The molecule has 1 amide bonds. The molecule has 1 saturated heterocycles. The van der Waals surface area contributed by atoms with E-state index < -0.39 is 11.6 Å². The van der Waals surface area contributed by atoms with Gasteiger partial charge in [0.05, 0.1) is 11.9 Å². The minimum Gasteiger partial charge on any atom is -0.369 e. The number of nitrogens with zero attached hydrogens (tertiary/aromatic N) is 3. The van der Waals surface area contributed by atoms with Crippen LogP contribution in [0.4, 0.5) is 11.4 Å². The molecule has 1 fully saturated rings. The summed E-state index contributed by atoms with van der Waals surface area (Å²) < 4.78 is 1.14. The lowest BCUT2D eigenvalue weighted by atomic mass is 10.1. The Balaban J connectivity index is 1.79. The van der Waals surface area contributed by atoms with E-state index in [4.69, 9.17) is 11.6 Å². The molecule has 1 aliphatic heterocycles. The van der Waals surface area contributed by atoms with Gasteiger partial charge in [0.2, 0.25) is 5.91 Å². The van der Waals surface area contributed by atoms with Crippen molar-refractivity contribution in [2.45, 2.75) is 39.2 Å². The number of aromatic nitrogens is 2. The number of benzene rings is 1. The maximum absolute atomic E-state index is 12.6. The summed E-state index contributed by atoms with van der Waals surface area (Å²) >= 11 is 6.31. The number of amides is 1. The van der Waals surface area contributed by atoms with Crippen LogP contribution < -0.4 is 15.8 Å². The zero-order valence-electron chi connectivity index (χ0n) is 15.0. The van der Waals surface area contributed by atoms with Crippen molar-refractivity contribution < 1.29 is 4.79 Å². The Hall–Kier alpha value is -2.34. The Bertz CT molecular complexity index is 842. The number of halogens is 1. The lowest BCUT2D eigenvalue weighted by Crippen LogP contribution is -2.36. The minimum absolute atomic E-state index is 0.122. The van der Waals surface area contributed by atoms with Crippen LogP contribution in [0, 0.1) is 6.92 Å². The van der Waals surface area contributed by atoms with E-state index in [9.17, 15) is 9.59 Å². The fourth-order valence-corrected chi connectivity index (χ4v) is 3.32. The Labute approximate surface area is 157 Å². The van der Waals surface area contributed by atoms with Crippen LogP contribution in [0.1, 0.15) is 37.8 Å². The van der Waals surface area contributed by atoms with Crippen molar-refractivity contribution in [3.8, 4) is 0 Å². The highest BCUT2D eigenvalue weighted by Crippen LogP contribution is 2.25. The van der Waals surface area contributed by atoms with E-state index in [1.165, 1.54) is 6.42 Å². The van der Waals surface area contributed by atoms with Crippen LogP contribution in [0.15, 0.2) is 35.3 Å². The van der Waals surface area contributed by atoms with Crippen LogP contribution >= 0.6 is 11.6 Å². The summed E-state index contributed by atoms with van der Waals surface area (Å²) in [6.45, 7) is 5.35. The smallest absolute Gasteiger partial charge is 0.288 e. The van der Waals surface area contributed by atoms with E-state index in [1.54, 1.807) is 13.1 Å². The second-order valence-electron chi connectivity index (χ2n) is 6.67. The molecule has 3 rings (SSSR count). The average molecular weight is 375 g/mol. The molecule has 7 heteroatoms. The van der Waals surface area contributed by atoms with E-state index in [-0.39, 0.29) is 10.9 Å². The highest BCUT2D eigenvalue weighted by atomic mass is 35.5. The lowest BCUT2D eigenvalue weighted by Gasteiger charge is -2.29. The van der Waals surface area contributed by atoms with Crippen LogP contribution in [0.5, 0.6) is 0 Å². The lowest BCUT2D eigenvalue weighted by molar-refractivity contribution is -0.119. The molecule has 1 N–H and O–H groups in total. The fourth-order valence-electron chi connectivity index (χ4n) is 3.06. The SMILES string of the molecule is Cc1ccc(NC(=O)[C@H](C)n2ncc(N3CCCCC3)c(Cl)c2=O)cc1. The Kier molecular flexibility index (Phi) is 5.61. The molecule has 1 aliphatic rings. The molecular formula is C19H23ClN4O2. The van der Waals surface area contributed by atoms with Gasteiger partial charge in [-0.15, -0.1) is 0 Å². The molecule has 2 aromatic rings. The topological polar surface area (TPSA) is 67.2 Å². The Morgan fingerprint density at radius 2 is 1.85 bits per heavy atom. The van der Waals surface area contributed by atoms with Crippen LogP contribution in [0.25, 0.3) is 0 Å². The molecule has 0 unspecified atom stereocenters. The molecule has 26 heavy (non-hydrogen) atoms. The van der Waals surface area contributed by atoms with Gasteiger partial charge in [0.25, 0.3) is 5.56 Å². The van der Waals surface area contributed by atoms with Crippen molar-refractivity contribution in [3.05, 3.63) is 51.4 Å². The van der Waals surface area contributed by atoms with Crippen molar-refractivity contribution in [2.75, 3.05) is 23.3 Å². The molecule has 6 nitrogen and oxygen atoms in total. The second kappa shape index (κ2) is 7.91. The summed E-state index contributed by atoms with van der Waals surface area (Å²) in [5, 5.41) is 7.13. The molecule has 0 bridgehead atoms. The van der Waals surface area contributed by atoms with Gasteiger partial charge < -0.3 is 10.2 Å². The molecule has 0 saturated carbocycles. The predicted molar refractivity (Wildman–Crippen MR) is 104 cm³/mol. The highest BCUT2D eigenvalue weighted by molar-refractivity contribution is 6.33. The molecular weight excluding hydrogens is 352 g/mol. The summed E-state index contributed by atoms with van der Waals surface area (Å²) in [7, 11) is 0. The monoisotopic (exact) mass is 374 g/mol. The van der Waals surface area contributed by atoms with Crippen molar-refractivity contribution in [2.24, 2.45) is 0 Å². The van der Waals surface area contributed by atoms with Gasteiger partial charge in [0, 0.05) is 18.8 Å². The number of nitrogens with one attached hydrogen (secondary N) is 1. The molecule has 0 spiro atoms. The van der Waals surface area contributed by atoms with E-state index in [0.717, 1.165) is 36.2 Å². The molecule has 1 aromatic heterocycles. The Morgan fingerprint density at radius 1 is 1.19 bits per heavy atom. The second-order valence-corrected chi connectivity index (χ2v) is 7.05. The zero-order chi connectivity index (χ0) is 18.7. The number of hydrogen-bond donors (Lipinski definition) is 1. The van der Waals surface area contributed by atoms with E-state index in [1.807, 2.05) is 31.2 Å². The number of carbonyl (C=O) groups excluding carboxylic acids is 1. The molecule has 1 atom stereocenters. The number of hydrogen-bond acceptors (Lipinski definition) is 4. The van der Waals surface area contributed by atoms with Crippen LogP contribution in [-0.2, 0) is 4.79 Å². The predicted octanol–water partition coefficient (Wildman–Crippen LogP) is 3.40. The fraction of sp³-hybridized carbons (Fsp3) is 0.421. The first-order valence-electron chi connectivity index (χ1n) is 8.87. The molecule has 0 radical (unpaired) electrons. The normalized spacial score (nSPS) is 15.6. The number of rotatable bonds is 4. The van der Waals surface area contributed by atoms with Crippen molar-refractivity contribution in [1.82, 2.24) is 9.78 Å². The average Bonchev–Trinajstić information content (AvgIpc) is 2.66. The van der Waals surface area contributed by atoms with Gasteiger partial charge >= 0.3 is 0 Å². The summed E-state index contributed by atoms with van der Waals surface area (Å²) in [4.78, 5) is 27.2. The van der Waals surface area contributed by atoms with Gasteiger partial charge in [-0.25, -0.2) is 4.68 Å². The number of piperidine rings is 1. The number of carbonyl (C=O) groups is 1. The largest absolute Gasteiger partial charge is 0.369 e. The van der Waals surface area contributed by atoms with Gasteiger partial charge in [0.15, 0.2) is 0 Å². The maximum Gasteiger partial charge on any atom is 0.288 e.